The van der Waals surface area contributed by atoms with Gasteiger partial charge in [0.2, 0.25) is 0 Å². The van der Waals surface area contributed by atoms with Crippen LogP contribution >= 0.6 is 11.8 Å². The van der Waals surface area contributed by atoms with Crippen LogP contribution in [0.15, 0.2) is 41.6 Å². The van der Waals surface area contributed by atoms with Crippen molar-refractivity contribution < 1.29 is 9.59 Å². The average Bonchev–Trinajstić information content (AvgIpc) is 2.54. The second-order valence-electron chi connectivity index (χ2n) is 5.12. The molecule has 2 aromatic rings. The number of carbonyl (C=O) groups excluding carboxylic acids is 2. The van der Waals surface area contributed by atoms with Gasteiger partial charge in [-0.15, -0.1) is 11.8 Å². The summed E-state index contributed by atoms with van der Waals surface area (Å²) in [5.41, 5.74) is 6.24. The number of nitrogens with zero attached hydrogens (tertiary/aromatic N) is 2. The van der Waals surface area contributed by atoms with E-state index in [2.05, 4.69) is 15.3 Å². The van der Waals surface area contributed by atoms with Crippen LogP contribution in [0.5, 0.6) is 0 Å². The van der Waals surface area contributed by atoms with Gasteiger partial charge in [0, 0.05) is 29.1 Å². The van der Waals surface area contributed by atoms with Crippen LogP contribution in [0.1, 0.15) is 33.5 Å². The van der Waals surface area contributed by atoms with E-state index >= 15 is 0 Å². The predicted molar refractivity (Wildman–Crippen MR) is 89.4 cm³/mol. The SMILES string of the molecule is Cc1ccc(SCC(C)NC(=O)c2nccnc2C(N)=O)cc1. The van der Waals surface area contributed by atoms with E-state index in [1.165, 1.54) is 18.0 Å². The summed E-state index contributed by atoms with van der Waals surface area (Å²) in [6.45, 7) is 3.92. The monoisotopic (exact) mass is 330 g/mol. The summed E-state index contributed by atoms with van der Waals surface area (Å²) in [6.07, 6.45) is 2.68. The molecule has 120 valence electrons. The summed E-state index contributed by atoms with van der Waals surface area (Å²) in [5, 5.41) is 2.80. The molecule has 0 spiro atoms. The van der Waals surface area contributed by atoms with Crippen LogP contribution < -0.4 is 11.1 Å². The summed E-state index contributed by atoms with van der Waals surface area (Å²) >= 11 is 1.64. The number of thioether (sulfide) groups is 1. The zero-order valence-corrected chi connectivity index (χ0v) is 13.8. The van der Waals surface area contributed by atoms with Crippen LogP contribution in [0.3, 0.4) is 0 Å². The lowest BCUT2D eigenvalue weighted by Crippen LogP contribution is -2.36. The molecule has 2 amide bonds. The molecule has 0 saturated heterocycles. The average molecular weight is 330 g/mol. The predicted octanol–water partition coefficient (Wildman–Crippen LogP) is 1.79. The third-order valence-electron chi connectivity index (χ3n) is 3.05. The van der Waals surface area contributed by atoms with Crippen LogP contribution in [0, 0.1) is 6.92 Å². The Labute approximate surface area is 138 Å². The van der Waals surface area contributed by atoms with Gasteiger partial charge in [-0.3, -0.25) is 9.59 Å². The van der Waals surface area contributed by atoms with Crippen LogP contribution in [0.4, 0.5) is 0 Å². The van der Waals surface area contributed by atoms with Gasteiger partial charge in [0.15, 0.2) is 11.4 Å². The quantitative estimate of drug-likeness (QED) is 0.787. The van der Waals surface area contributed by atoms with E-state index in [0.717, 1.165) is 4.90 Å². The Morgan fingerprint density at radius 2 is 1.78 bits per heavy atom. The molecule has 1 unspecified atom stereocenters. The Hall–Kier alpha value is -2.41. The highest BCUT2D eigenvalue weighted by Gasteiger charge is 2.19. The van der Waals surface area contributed by atoms with E-state index in [9.17, 15) is 9.59 Å². The zero-order valence-electron chi connectivity index (χ0n) is 12.9. The smallest absolute Gasteiger partial charge is 0.272 e. The highest BCUT2D eigenvalue weighted by molar-refractivity contribution is 7.99. The van der Waals surface area contributed by atoms with Crippen molar-refractivity contribution in [3.63, 3.8) is 0 Å². The first-order valence-electron chi connectivity index (χ1n) is 7.08. The fourth-order valence-corrected chi connectivity index (χ4v) is 2.73. The number of hydrogen-bond donors (Lipinski definition) is 2. The standard InChI is InChI=1S/C16H18N4O2S/c1-10-3-5-12(6-4-10)23-9-11(2)20-16(22)14-13(15(17)21)18-7-8-19-14/h3-8,11H,9H2,1-2H3,(H2,17,21)(H,20,22). The van der Waals surface area contributed by atoms with Crippen molar-refractivity contribution in [1.82, 2.24) is 15.3 Å². The molecule has 1 aromatic heterocycles. The van der Waals surface area contributed by atoms with Crippen molar-refractivity contribution in [1.29, 1.82) is 0 Å². The van der Waals surface area contributed by atoms with Gasteiger partial charge in [-0.2, -0.15) is 0 Å². The van der Waals surface area contributed by atoms with Crippen molar-refractivity contribution in [2.75, 3.05) is 5.75 Å². The van der Waals surface area contributed by atoms with Gasteiger partial charge >= 0.3 is 0 Å². The number of aryl methyl sites for hydroxylation is 1. The fraction of sp³-hybridized carbons (Fsp3) is 0.250. The number of hydrogen-bond acceptors (Lipinski definition) is 5. The van der Waals surface area contributed by atoms with Crippen LogP contribution in [0.25, 0.3) is 0 Å². The third kappa shape index (κ3) is 4.79. The number of carbonyl (C=O) groups is 2. The molecule has 0 aliphatic rings. The highest BCUT2D eigenvalue weighted by atomic mass is 32.2. The van der Waals surface area contributed by atoms with E-state index in [1.807, 2.05) is 38.1 Å². The van der Waals surface area contributed by atoms with Gasteiger partial charge < -0.3 is 11.1 Å². The Morgan fingerprint density at radius 1 is 1.17 bits per heavy atom. The van der Waals surface area contributed by atoms with Crippen molar-refractivity contribution in [2.24, 2.45) is 5.73 Å². The Bertz CT molecular complexity index is 703. The molecule has 1 atom stereocenters. The van der Waals surface area contributed by atoms with Crippen molar-refractivity contribution >= 4 is 23.6 Å². The first kappa shape index (κ1) is 17.0. The third-order valence-corrected chi connectivity index (χ3v) is 4.32. The summed E-state index contributed by atoms with van der Waals surface area (Å²) in [7, 11) is 0. The van der Waals surface area contributed by atoms with Gasteiger partial charge in [-0.1, -0.05) is 17.7 Å². The van der Waals surface area contributed by atoms with E-state index in [-0.39, 0.29) is 17.4 Å². The zero-order chi connectivity index (χ0) is 16.8. The molecule has 1 heterocycles. The molecule has 0 aliphatic carbocycles. The van der Waals surface area contributed by atoms with Crippen LogP contribution in [-0.2, 0) is 0 Å². The summed E-state index contributed by atoms with van der Waals surface area (Å²) in [6, 6.07) is 8.08. The van der Waals surface area contributed by atoms with Gasteiger partial charge in [0.05, 0.1) is 0 Å². The number of primary amides is 1. The summed E-state index contributed by atoms with van der Waals surface area (Å²) in [5.74, 6) is -0.533. The van der Waals surface area contributed by atoms with Crippen LogP contribution in [0.2, 0.25) is 0 Å². The summed E-state index contributed by atoms with van der Waals surface area (Å²) in [4.78, 5) is 32.3. The lowest BCUT2D eigenvalue weighted by atomic mass is 10.2. The number of nitrogens with two attached hydrogens (primary N) is 1. The Balaban J connectivity index is 1.95. The molecule has 0 aliphatic heterocycles. The second-order valence-corrected chi connectivity index (χ2v) is 6.21. The van der Waals surface area contributed by atoms with E-state index in [0.29, 0.717) is 5.75 Å². The van der Waals surface area contributed by atoms with E-state index < -0.39 is 11.8 Å². The molecule has 7 heteroatoms. The van der Waals surface area contributed by atoms with Gasteiger partial charge in [0.1, 0.15) is 0 Å². The minimum atomic E-state index is -0.773. The first-order valence-corrected chi connectivity index (χ1v) is 8.07. The van der Waals surface area contributed by atoms with Crippen molar-refractivity contribution in [3.05, 3.63) is 53.6 Å². The number of aromatic nitrogens is 2. The molecule has 0 fully saturated rings. The minimum Gasteiger partial charge on any atom is -0.364 e. The fourth-order valence-electron chi connectivity index (χ4n) is 1.87. The molecular weight excluding hydrogens is 312 g/mol. The lowest BCUT2D eigenvalue weighted by Gasteiger charge is -2.14. The number of nitrogens with one attached hydrogen (secondary N) is 1. The minimum absolute atomic E-state index is 0.0489. The second kappa shape index (κ2) is 7.73. The first-order chi connectivity index (χ1) is 11.0. The maximum atomic E-state index is 12.2. The van der Waals surface area contributed by atoms with Crippen LogP contribution in [-0.4, -0.2) is 33.6 Å². The molecule has 0 radical (unpaired) electrons. The molecular formula is C16H18N4O2S. The maximum absolute atomic E-state index is 12.2. The molecule has 0 bridgehead atoms. The molecule has 2 rings (SSSR count). The van der Waals surface area contributed by atoms with Gasteiger partial charge in [-0.25, -0.2) is 9.97 Å². The number of amides is 2. The van der Waals surface area contributed by atoms with Crippen molar-refractivity contribution in [3.8, 4) is 0 Å². The maximum Gasteiger partial charge on any atom is 0.272 e. The largest absolute Gasteiger partial charge is 0.364 e. The Morgan fingerprint density at radius 3 is 2.39 bits per heavy atom. The van der Waals surface area contributed by atoms with E-state index in [1.54, 1.807) is 11.8 Å². The lowest BCUT2D eigenvalue weighted by molar-refractivity contribution is 0.0920. The molecule has 6 nitrogen and oxygen atoms in total. The Kier molecular flexibility index (Phi) is 5.70. The molecule has 23 heavy (non-hydrogen) atoms. The molecule has 3 N–H and O–H groups in total. The van der Waals surface area contributed by atoms with Gasteiger partial charge in [0.25, 0.3) is 11.8 Å². The number of rotatable bonds is 6. The van der Waals surface area contributed by atoms with Crippen molar-refractivity contribution in [2.45, 2.75) is 24.8 Å². The number of benzene rings is 1. The molecule has 0 saturated carbocycles. The van der Waals surface area contributed by atoms with E-state index in [4.69, 9.17) is 5.73 Å². The molecule has 1 aromatic carbocycles. The topological polar surface area (TPSA) is 98.0 Å². The normalized spacial score (nSPS) is 11.7. The van der Waals surface area contributed by atoms with Gasteiger partial charge in [-0.05, 0) is 26.0 Å². The summed E-state index contributed by atoms with van der Waals surface area (Å²) < 4.78 is 0. The highest BCUT2D eigenvalue weighted by Crippen LogP contribution is 2.19.